The van der Waals surface area contributed by atoms with Crippen LogP contribution < -0.4 is 10.5 Å². The third-order valence-corrected chi connectivity index (χ3v) is 6.25. The molecule has 0 unspecified atom stereocenters. The molecular formula is C13H11Br2ClN2O2S. The van der Waals surface area contributed by atoms with Gasteiger partial charge in [0, 0.05) is 14.6 Å². The Morgan fingerprint density at radius 2 is 1.81 bits per heavy atom. The first-order valence-corrected chi connectivity index (χ1v) is 9.19. The van der Waals surface area contributed by atoms with Gasteiger partial charge in [-0.2, -0.15) is 0 Å². The van der Waals surface area contributed by atoms with Gasteiger partial charge in [-0.1, -0.05) is 27.5 Å². The quantitative estimate of drug-likeness (QED) is 0.668. The molecule has 4 nitrogen and oxygen atoms in total. The van der Waals surface area contributed by atoms with E-state index < -0.39 is 10.0 Å². The van der Waals surface area contributed by atoms with Gasteiger partial charge < -0.3 is 5.73 Å². The Balaban J connectivity index is 2.48. The van der Waals surface area contributed by atoms with Gasteiger partial charge in [0.1, 0.15) is 4.90 Å². The maximum Gasteiger partial charge on any atom is 0.263 e. The van der Waals surface area contributed by atoms with Gasteiger partial charge in [0.05, 0.1) is 10.7 Å². The SMILES string of the molecule is Cc1cc(Br)c(S(=O)(=O)Nc2cc(N)ccc2Cl)cc1Br. The molecule has 0 saturated carbocycles. The van der Waals surface area contributed by atoms with E-state index in [2.05, 4.69) is 36.6 Å². The van der Waals surface area contributed by atoms with E-state index in [0.29, 0.717) is 14.6 Å². The molecule has 0 spiro atoms. The summed E-state index contributed by atoms with van der Waals surface area (Å²) in [6, 6.07) is 7.85. The highest BCUT2D eigenvalue weighted by atomic mass is 79.9. The molecule has 0 aromatic heterocycles. The second kappa shape index (κ2) is 6.16. The van der Waals surface area contributed by atoms with Crippen molar-refractivity contribution in [3.05, 3.63) is 49.9 Å². The van der Waals surface area contributed by atoms with Crippen molar-refractivity contribution in [1.29, 1.82) is 0 Å². The van der Waals surface area contributed by atoms with Crippen molar-refractivity contribution in [2.24, 2.45) is 0 Å². The molecule has 0 bridgehead atoms. The number of nitrogens with one attached hydrogen (secondary N) is 1. The Morgan fingerprint density at radius 3 is 2.48 bits per heavy atom. The van der Waals surface area contributed by atoms with Crippen LogP contribution in [0.15, 0.2) is 44.2 Å². The van der Waals surface area contributed by atoms with Crippen LogP contribution in [-0.2, 0) is 10.0 Å². The van der Waals surface area contributed by atoms with Crippen LogP contribution in [0.4, 0.5) is 11.4 Å². The summed E-state index contributed by atoms with van der Waals surface area (Å²) in [6.45, 7) is 1.87. The van der Waals surface area contributed by atoms with Crippen molar-refractivity contribution in [2.75, 3.05) is 10.5 Å². The first-order chi connectivity index (χ1) is 9.70. The fourth-order valence-electron chi connectivity index (χ4n) is 1.65. The Bertz CT molecular complexity index is 810. The van der Waals surface area contributed by atoms with Gasteiger partial charge >= 0.3 is 0 Å². The molecule has 0 fully saturated rings. The largest absolute Gasteiger partial charge is 0.399 e. The van der Waals surface area contributed by atoms with Crippen LogP contribution in [0, 0.1) is 6.92 Å². The minimum Gasteiger partial charge on any atom is -0.399 e. The van der Waals surface area contributed by atoms with E-state index in [1.54, 1.807) is 12.1 Å². The molecule has 2 aromatic rings. The van der Waals surface area contributed by atoms with Crippen molar-refractivity contribution >= 4 is 64.9 Å². The van der Waals surface area contributed by atoms with E-state index in [4.69, 9.17) is 17.3 Å². The van der Waals surface area contributed by atoms with Crippen LogP contribution in [0.1, 0.15) is 5.56 Å². The summed E-state index contributed by atoms with van der Waals surface area (Å²) in [5.41, 5.74) is 7.22. The van der Waals surface area contributed by atoms with Crippen LogP contribution in [0.2, 0.25) is 5.02 Å². The van der Waals surface area contributed by atoms with Gasteiger partial charge in [-0.25, -0.2) is 8.42 Å². The van der Waals surface area contributed by atoms with Crippen molar-refractivity contribution in [3.8, 4) is 0 Å². The van der Waals surface area contributed by atoms with Gasteiger partial charge in [0.15, 0.2) is 0 Å². The minimum atomic E-state index is -3.79. The van der Waals surface area contributed by atoms with Gasteiger partial charge in [-0.15, -0.1) is 0 Å². The third kappa shape index (κ3) is 3.71. The van der Waals surface area contributed by atoms with E-state index in [9.17, 15) is 8.42 Å². The van der Waals surface area contributed by atoms with Crippen LogP contribution in [-0.4, -0.2) is 8.42 Å². The lowest BCUT2D eigenvalue weighted by atomic mass is 10.2. The summed E-state index contributed by atoms with van der Waals surface area (Å²) in [6.07, 6.45) is 0. The highest BCUT2D eigenvalue weighted by molar-refractivity contribution is 9.11. The number of sulfonamides is 1. The standard InChI is InChI=1S/C13H11Br2ClN2O2S/c1-7-4-10(15)13(6-9(7)14)21(19,20)18-12-5-8(17)2-3-11(12)16/h2-6,18H,17H2,1H3. The molecule has 21 heavy (non-hydrogen) atoms. The lowest BCUT2D eigenvalue weighted by Gasteiger charge is -2.12. The smallest absolute Gasteiger partial charge is 0.263 e. The second-order valence-electron chi connectivity index (χ2n) is 4.38. The number of rotatable bonds is 3. The number of aryl methyl sites for hydroxylation is 1. The number of nitrogens with two attached hydrogens (primary N) is 1. The summed E-state index contributed by atoms with van der Waals surface area (Å²) in [5.74, 6) is 0. The van der Waals surface area contributed by atoms with Crippen LogP contribution >= 0.6 is 43.5 Å². The number of hydrogen-bond acceptors (Lipinski definition) is 3. The first-order valence-electron chi connectivity index (χ1n) is 5.74. The Hall–Kier alpha value is -0.760. The molecule has 0 aliphatic carbocycles. The zero-order valence-electron chi connectivity index (χ0n) is 10.8. The topological polar surface area (TPSA) is 72.2 Å². The maximum absolute atomic E-state index is 12.5. The maximum atomic E-state index is 12.5. The lowest BCUT2D eigenvalue weighted by molar-refractivity contribution is 0.600. The molecule has 112 valence electrons. The normalized spacial score (nSPS) is 11.4. The molecule has 0 amide bonds. The van der Waals surface area contributed by atoms with Crippen molar-refractivity contribution in [3.63, 3.8) is 0 Å². The van der Waals surface area contributed by atoms with Crippen molar-refractivity contribution in [1.82, 2.24) is 0 Å². The number of hydrogen-bond donors (Lipinski definition) is 2. The molecule has 0 aliphatic rings. The summed E-state index contributed by atoms with van der Waals surface area (Å²) in [5, 5.41) is 0.273. The monoisotopic (exact) mass is 452 g/mol. The van der Waals surface area contributed by atoms with E-state index in [1.807, 2.05) is 6.92 Å². The van der Waals surface area contributed by atoms with Crippen LogP contribution in [0.25, 0.3) is 0 Å². The Morgan fingerprint density at radius 1 is 1.14 bits per heavy atom. The van der Waals surface area contributed by atoms with Gasteiger partial charge in [0.25, 0.3) is 10.0 Å². The fourth-order valence-corrected chi connectivity index (χ4v) is 4.62. The van der Waals surface area contributed by atoms with Gasteiger partial charge in [-0.05, 0) is 58.7 Å². The van der Waals surface area contributed by atoms with Crippen molar-refractivity contribution in [2.45, 2.75) is 11.8 Å². The zero-order chi connectivity index (χ0) is 15.8. The average Bonchev–Trinajstić information content (AvgIpc) is 2.37. The van der Waals surface area contributed by atoms with Crippen LogP contribution in [0.3, 0.4) is 0 Å². The molecule has 0 heterocycles. The van der Waals surface area contributed by atoms with E-state index >= 15 is 0 Å². The highest BCUT2D eigenvalue weighted by Crippen LogP contribution is 2.32. The molecular weight excluding hydrogens is 443 g/mol. The third-order valence-electron chi connectivity index (χ3n) is 2.74. The number of halogens is 3. The molecule has 0 atom stereocenters. The zero-order valence-corrected chi connectivity index (χ0v) is 15.6. The molecule has 0 radical (unpaired) electrons. The van der Waals surface area contributed by atoms with Gasteiger partial charge in [0.2, 0.25) is 0 Å². The van der Waals surface area contributed by atoms with E-state index in [-0.39, 0.29) is 15.6 Å². The molecule has 2 rings (SSSR count). The lowest BCUT2D eigenvalue weighted by Crippen LogP contribution is -2.14. The number of anilines is 2. The van der Waals surface area contributed by atoms with E-state index in [0.717, 1.165) is 5.56 Å². The fraction of sp³-hybridized carbons (Fsp3) is 0.0769. The summed E-state index contributed by atoms with van der Waals surface area (Å²) in [4.78, 5) is 0.110. The van der Waals surface area contributed by atoms with E-state index in [1.165, 1.54) is 18.2 Å². The molecule has 0 aliphatic heterocycles. The summed E-state index contributed by atoms with van der Waals surface area (Å²) >= 11 is 12.6. The molecule has 8 heteroatoms. The predicted octanol–water partition coefficient (Wildman–Crippen LogP) is 4.56. The highest BCUT2D eigenvalue weighted by Gasteiger charge is 2.20. The minimum absolute atomic E-state index is 0.110. The second-order valence-corrected chi connectivity index (χ2v) is 8.14. The molecule has 2 aromatic carbocycles. The number of nitrogen functional groups attached to an aromatic ring is 1. The van der Waals surface area contributed by atoms with Crippen molar-refractivity contribution < 1.29 is 8.42 Å². The predicted molar refractivity (Wildman–Crippen MR) is 93.3 cm³/mol. The first kappa shape index (κ1) is 16.6. The summed E-state index contributed by atoms with van der Waals surface area (Å²) in [7, 11) is -3.79. The Kier molecular flexibility index (Phi) is 4.87. The summed E-state index contributed by atoms with van der Waals surface area (Å²) < 4.78 is 28.6. The average molecular weight is 455 g/mol. The molecule has 0 saturated heterocycles. The van der Waals surface area contributed by atoms with Crippen LogP contribution in [0.5, 0.6) is 0 Å². The Labute approximate surface area is 145 Å². The molecule has 3 N–H and O–H groups in total. The van der Waals surface area contributed by atoms with Gasteiger partial charge in [-0.3, -0.25) is 4.72 Å². The number of benzene rings is 2.